The van der Waals surface area contributed by atoms with Crippen LogP contribution in [0.15, 0.2) is 0 Å². The molecule has 0 fully saturated rings. The molecule has 0 aromatic rings. The number of hydrogen-bond acceptors (Lipinski definition) is 3. The molecule has 0 saturated heterocycles. The Morgan fingerprint density at radius 1 is 1.50 bits per heavy atom. The maximum atomic E-state index is 11.7. The first-order valence-electron chi connectivity index (χ1n) is 5.49. The highest BCUT2D eigenvalue weighted by molar-refractivity contribution is 5.80. The number of nitrogens with zero attached hydrogens (tertiary/aromatic N) is 1. The molecule has 0 aliphatic carbocycles. The maximum absolute atomic E-state index is 11.7. The number of carbonyl (C=O) groups excluding carboxylic acids is 1. The van der Waals surface area contributed by atoms with Gasteiger partial charge in [-0.05, 0) is 26.3 Å². The zero-order chi connectivity index (χ0) is 12.6. The fraction of sp³-hybridized carbons (Fsp3) is 0.800. The fourth-order valence-corrected chi connectivity index (χ4v) is 1.19. The average molecular weight is 231 g/mol. The summed E-state index contributed by atoms with van der Waals surface area (Å²) in [6.07, 6.45) is 1.41. The third-order valence-corrected chi connectivity index (χ3v) is 2.35. The second kappa shape index (κ2) is 7.92. The van der Waals surface area contributed by atoms with Crippen LogP contribution < -0.4 is 11.1 Å². The summed E-state index contributed by atoms with van der Waals surface area (Å²) in [5.41, 5.74) is 5.30. The molecule has 0 saturated carbocycles. The lowest BCUT2D eigenvalue weighted by Gasteiger charge is -2.27. The van der Waals surface area contributed by atoms with E-state index in [4.69, 9.17) is 10.8 Å². The van der Waals surface area contributed by atoms with Gasteiger partial charge in [-0.1, -0.05) is 6.92 Å². The van der Waals surface area contributed by atoms with Crippen LogP contribution in [0, 0.1) is 0 Å². The molecule has 2 amide bonds. The Bertz CT molecular complexity index is 233. The average Bonchev–Trinajstić information content (AvgIpc) is 2.24. The number of urea groups is 1. The summed E-state index contributed by atoms with van der Waals surface area (Å²) < 4.78 is 0. The molecule has 1 unspecified atom stereocenters. The molecule has 6 heteroatoms. The van der Waals surface area contributed by atoms with Gasteiger partial charge in [-0.25, -0.2) is 4.79 Å². The van der Waals surface area contributed by atoms with E-state index in [1.807, 2.05) is 13.8 Å². The molecule has 16 heavy (non-hydrogen) atoms. The zero-order valence-corrected chi connectivity index (χ0v) is 9.90. The summed E-state index contributed by atoms with van der Waals surface area (Å²) in [6.45, 7) is 4.44. The van der Waals surface area contributed by atoms with Gasteiger partial charge in [-0.2, -0.15) is 0 Å². The summed E-state index contributed by atoms with van der Waals surface area (Å²) in [7, 11) is 0. The van der Waals surface area contributed by atoms with Crippen LogP contribution in [-0.4, -0.2) is 47.7 Å². The van der Waals surface area contributed by atoms with Crippen LogP contribution >= 0.6 is 0 Å². The van der Waals surface area contributed by atoms with Crippen molar-refractivity contribution in [1.82, 2.24) is 10.2 Å². The van der Waals surface area contributed by atoms with Gasteiger partial charge in [0.2, 0.25) is 0 Å². The molecule has 0 aromatic heterocycles. The lowest BCUT2D eigenvalue weighted by atomic mass is 10.2. The number of carbonyl (C=O) groups is 2. The van der Waals surface area contributed by atoms with Crippen molar-refractivity contribution < 1.29 is 14.7 Å². The van der Waals surface area contributed by atoms with Gasteiger partial charge in [0.1, 0.15) is 6.54 Å². The number of aliphatic carboxylic acids is 1. The van der Waals surface area contributed by atoms with Crippen molar-refractivity contribution in [2.24, 2.45) is 5.73 Å². The molecular weight excluding hydrogens is 210 g/mol. The Morgan fingerprint density at radius 2 is 2.12 bits per heavy atom. The highest BCUT2D eigenvalue weighted by atomic mass is 16.4. The van der Waals surface area contributed by atoms with Crippen molar-refractivity contribution >= 4 is 12.0 Å². The molecule has 0 heterocycles. The van der Waals surface area contributed by atoms with E-state index >= 15 is 0 Å². The summed E-state index contributed by atoms with van der Waals surface area (Å²) in [6, 6.07) is -0.431. The van der Waals surface area contributed by atoms with E-state index in [0.29, 0.717) is 19.5 Å². The van der Waals surface area contributed by atoms with Crippen LogP contribution in [0.1, 0.15) is 26.7 Å². The monoisotopic (exact) mass is 231 g/mol. The van der Waals surface area contributed by atoms with E-state index < -0.39 is 5.97 Å². The number of rotatable bonds is 7. The molecule has 0 aliphatic heterocycles. The third kappa shape index (κ3) is 5.55. The minimum absolute atomic E-state index is 0.0889. The summed E-state index contributed by atoms with van der Waals surface area (Å²) in [4.78, 5) is 23.6. The molecular formula is C10H21N3O3. The van der Waals surface area contributed by atoms with Crippen LogP contribution in [0.2, 0.25) is 0 Å². The van der Waals surface area contributed by atoms with Crippen molar-refractivity contribution in [2.75, 3.05) is 19.6 Å². The number of nitrogens with one attached hydrogen (secondary N) is 1. The Labute approximate surface area is 95.8 Å². The molecule has 0 aromatic carbocycles. The topological polar surface area (TPSA) is 95.7 Å². The predicted molar refractivity (Wildman–Crippen MR) is 61.2 cm³/mol. The Hall–Kier alpha value is -1.30. The Balaban J connectivity index is 4.26. The predicted octanol–water partition coefficient (Wildman–Crippen LogP) is 0.230. The van der Waals surface area contributed by atoms with Crippen molar-refractivity contribution in [2.45, 2.75) is 32.7 Å². The second-order valence-electron chi connectivity index (χ2n) is 3.65. The van der Waals surface area contributed by atoms with Gasteiger partial charge in [0, 0.05) is 12.6 Å². The summed E-state index contributed by atoms with van der Waals surface area (Å²) in [5.74, 6) is -1.01. The smallest absolute Gasteiger partial charge is 0.323 e. The molecule has 1 atom stereocenters. The largest absolute Gasteiger partial charge is 0.480 e. The summed E-state index contributed by atoms with van der Waals surface area (Å²) in [5, 5.41) is 11.4. The highest BCUT2D eigenvalue weighted by Gasteiger charge is 2.20. The van der Waals surface area contributed by atoms with Gasteiger partial charge in [0.25, 0.3) is 0 Å². The first-order chi connectivity index (χ1) is 7.52. The quantitative estimate of drug-likeness (QED) is 0.546. The van der Waals surface area contributed by atoms with Gasteiger partial charge in [-0.15, -0.1) is 0 Å². The molecule has 0 aliphatic rings. The van der Waals surface area contributed by atoms with Crippen molar-refractivity contribution in [3.05, 3.63) is 0 Å². The minimum atomic E-state index is -1.01. The van der Waals surface area contributed by atoms with Gasteiger partial charge in [0.15, 0.2) is 0 Å². The van der Waals surface area contributed by atoms with Gasteiger partial charge < -0.3 is 21.1 Å². The number of nitrogens with two attached hydrogens (primary N) is 1. The maximum Gasteiger partial charge on any atom is 0.323 e. The first-order valence-corrected chi connectivity index (χ1v) is 5.49. The molecule has 0 spiro atoms. The normalized spacial score (nSPS) is 11.9. The number of hydrogen-bond donors (Lipinski definition) is 3. The first kappa shape index (κ1) is 14.7. The highest BCUT2D eigenvalue weighted by Crippen LogP contribution is 2.03. The van der Waals surface area contributed by atoms with Crippen LogP contribution in [0.4, 0.5) is 4.79 Å². The minimum Gasteiger partial charge on any atom is -0.480 e. The van der Waals surface area contributed by atoms with Crippen LogP contribution in [0.3, 0.4) is 0 Å². The van der Waals surface area contributed by atoms with E-state index in [-0.39, 0.29) is 18.6 Å². The molecule has 0 bridgehead atoms. The van der Waals surface area contributed by atoms with E-state index in [0.717, 1.165) is 6.42 Å². The van der Waals surface area contributed by atoms with E-state index in [1.54, 1.807) is 0 Å². The zero-order valence-electron chi connectivity index (χ0n) is 9.90. The molecule has 0 rings (SSSR count). The van der Waals surface area contributed by atoms with Crippen molar-refractivity contribution in [3.8, 4) is 0 Å². The second-order valence-corrected chi connectivity index (χ2v) is 3.65. The molecule has 0 radical (unpaired) electrons. The Kier molecular flexibility index (Phi) is 7.28. The van der Waals surface area contributed by atoms with E-state index in [1.165, 1.54) is 4.90 Å². The van der Waals surface area contributed by atoms with Crippen molar-refractivity contribution in [3.63, 3.8) is 0 Å². The van der Waals surface area contributed by atoms with Crippen LogP contribution in [0.5, 0.6) is 0 Å². The molecule has 4 N–H and O–H groups in total. The lowest BCUT2D eigenvalue weighted by molar-refractivity contribution is -0.138. The number of carboxylic acids is 1. The molecule has 94 valence electrons. The van der Waals surface area contributed by atoms with Crippen LogP contribution in [0.25, 0.3) is 0 Å². The van der Waals surface area contributed by atoms with Crippen LogP contribution in [-0.2, 0) is 4.79 Å². The van der Waals surface area contributed by atoms with Crippen molar-refractivity contribution in [1.29, 1.82) is 0 Å². The van der Waals surface area contributed by atoms with Gasteiger partial charge >= 0.3 is 12.0 Å². The number of amides is 2. The summed E-state index contributed by atoms with van der Waals surface area (Å²) >= 11 is 0. The van der Waals surface area contributed by atoms with E-state index in [2.05, 4.69) is 5.32 Å². The fourth-order valence-electron chi connectivity index (χ4n) is 1.19. The lowest BCUT2D eigenvalue weighted by Crippen LogP contribution is -2.47. The Morgan fingerprint density at radius 3 is 2.56 bits per heavy atom. The SMILES string of the molecule is CCC(C)N(CC(=O)O)C(=O)NCCCN. The number of carboxylic acid groups (broad SMARTS) is 1. The standard InChI is InChI=1S/C10H21N3O3/c1-3-8(2)13(7-9(14)15)10(16)12-6-4-5-11/h8H,3-7,11H2,1-2H3,(H,12,16)(H,14,15). The molecule has 6 nitrogen and oxygen atoms in total. The van der Waals surface area contributed by atoms with Gasteiger partial charge in [0.05, 0.1) is 0 Å². The third-order valence-electron chi connectivity index (χ3n) is 2.35. The van der Waals surface area contributed by atoms with Gasteiger partial charge in [-0.3, -0.25) is 4.79 Å². The van der Waals surface area contributed by atoms with E-state index in [9.17, 15) is 9.59 Å².